The summed E-state index contributed by atoms with van der Waals surface area (Å²) in [5.41, 5.74) is 6.03. The SMILES string of the molecule is CCNC(Cc1cc(C)ccc1C)c1cncs1. The number of aryl methyl sites for hydroxylation is 2. The molecule has 18 heavy (non-hydrogen) atoms. The van der Waals surface area contributed by atoms with E-state index in [0.29, 0.717) is 6.04 Å². The second-order valence-corrected chi connectivity index (χ2v) is 5.57. The Morgan fingerprint density at radius 2 is 2.17 bits per heavy atom. The Labute approximate surface area is 113 Å². The number of aromatic nitrogens is 1. The minimum atomic E-state index is 0.378. The summed E-state index contributed by atoms with van der Waals surface area (Å²) in [6.45, 7) is 7.47. The largest absolute Gasteiger partial charge is 0.309 e. The van der Waals surface area contributed by atoms with Crippen molar-refractivity contribution < 1.29 is 0 Å². The molecule has 1 aromatic carbocycles. The summed E-state index contributed by atoms with van der Waals surface area (Å²) in [4.78, 5) is 5.50. The number of hydrogen-bond acceptors (Lipinski definition) is 3. The number of thiazole rings is 1. The Balaban J connectivity index is 2.21. The average molecular weight is 260 g/mol. The molecule has 1 atom stereocenters. The zero-order valence-corrected chi connectivity index (χ0v) is 12.1. The molecule has 1 heterocycles. The Morgan fingerprint density at radius 1 is 1.33 bits per heavy atom. The molecule has 0 aliphatic rings. The number of rotatable bonds is 5. The first-order chi connectivity index (χ1) is 8.70. The summed E-state index contributed by atoms with van der Waals surface area (Å²) in [6, 6.07) is 7.05. The van der Waals surface area contributed by atoms with Crippen molar-refractivity contribution in [3.05, 3.63) is 51.5 Å². The van der Waals surface area contributed by atoms with Crippen LogP contribution in [-0.2, 0) is 6.42 Å². The highest BCUT2D eigenvalue weighted by Gasteiger charge is 2.13. The second kappa shape index (κ2) is 6.12. The van der Waals surface area contributed by atoms with E-state index in [0.717, 1.165) is 13.0 Å². The lowest BCUT2D eigenvalue weighted by atomic mass is 9.98. The lowest BCUT2D eigenvalue weighted by Gasteiger charge is -2.17. The Hall–Kier alpha value is -1.19. The van der Waals surface area contributed by atoms with Gasteiger partial charge in [0.2, 0.25) is 0 Å². The molecule has 1 N–H and O–H groups in total. The molecule has 0 spiro atoms. The zero-order valence-electron chi connectivity index (χ0n) is 11.2. The zero-order chi connectivity index (χ0) is 13.0. The van der Waals surface area contributed by atoms with E-state index in [1.165, 1.54) is 21.6 Å². The summed E-state index contributed by atoms with van der Waals surface area (Å²) < 4.78 is 0. The van der Waals surface area contributed by atoms with Crippen LogP contribution in [0.2, 0.25) is 0 Å². The number of nitrogens with one attached hydrogen (secondary N) is 1. The van der Waals surface area contributed by atoms with E-state index in [4.69, 9.17) is 0 Å². The van der Waals surface area contributed by atoms with E-state index in [1.54, 1.807) is 11.3 Å². The van der Waals surface area contributed by atoms with Gasteiger partial charge in [0.05, 0.1) is 5.51 Å². The van der Waals surface area contributed by atoms with Gasteiger partial charge in [0.25, 0.3) is 0 Å². The summed E-state index contributed by atoms with van der Waals surface area (Å²) in [5, 5.41) is 3.55. The van der Waals surface area contributed by atoms with Crippen LogP contribution in [0.15, 0.2) is 29.9 Å². The molecular weight excluding hydrogens is 240 g/mol. The van der Waals surface area contributed by atoms with Crippen LogP contribution in [0, 0.1) is 13.8 Å². The van der Waals surface area contributed by atoms with Crippen molar-refractivity contribution in [2.24, 2.45) is 0 Å². The molecule has 3 heteroatoms. The van der Waals surface area contributed by atoms with Crippen LogP contribution in [0.5, 0.6) is 0 Å². The molecule has 1 aromatic heterocycles. The maximum Gasteiger partial charge on any atom is 0.0794 e. The molecule has 96 valence electrons. The van der Waals surface area contributed by atoms with Crippen LogP contribution in [0.3, 0.4) is 0 Å². The van der Waals surface area contributed by atoms with Gasteiger partial charge in [0.1, 0.15) is 0 Å². The van der Waals surface area contributed by atoms with Crippen molar-refractivity contribution in [1.29, 1.82) is 0 Å². The first-order valence-corrected chi connectivity index (χ1v) is 7.26. The maximum atomic E-state index is 4.19. The van der Waals surface area contributed by atoms with Crippen molar-refractivity contribution in [2.75, 3.05) is 6.54 Å². The van der Waals surface area contributed by atoms with Crippen molar-refractivity contribution in [3.63, 3.8) is 0 Å². The third-order valence-electron chi connectivity index (χ3n) is 3.17. The minimum Gasteiger partial charge on any atom is -0.309 e. The van der Waals surface area contributed by atoms with Gasteiger partial charge in [-0.2, -0.15) is 0 Å². The fourth-order valence-electron chi connectivity index (χ4n) is 2.16. The van der Waals surface area contributed by atoms with Gasteiger partial charge >= 0.3 is 0 Å². The third-order valence-corrected chi connectivity index (χ3v) is 4.06. The molecule has 0 fully saturated rings. The summed E-state index contributed by atoms with van der Waals surface area (Å²) in [7, 11) is 0. The van der Waals surface area contributed by atoms with Gasteiger partial charge in [-0.25, -0.2) is 0 Å². The lowest BCUT2D eigenvalue weighted by molar-refractivity contribution is 0.556. The highest BCUT2D eigenvalue weighted by atomic mass is 32.1. The normalized spacial score (nSPS) is 12.6. The standard InChI is InChI=1S/C15H20N2S/c1-4-17-14(15-9-16-10-18-15)8-13-7-11(2)5-6-12(13)3/h5-7,9-10,14,17H,4,8H2,1-3H3. The Bertz CT molecular complexity index is 491. The highest BCUT2D eigenvalue weighted by Crippen LogP contribution is 2.23. The van der Waals surface area contributed by atoms with E-state index in [1.807, 2.05) is 11.7 Å². The van der Waals surface area contributed by atoms with Crippen LogP contribution in [-0.4, -0.2) is 11.5 Å². The van der Waals surface area contributed by atoms with Gasteiger partial charge in [-0.3, -0.25) is 4.98 Å². The molecule has 0 saturated heterocycles. The van der Waals surface area contributed by atoms with E-state index in [2.05, 4.69) is 49.3 Å². The number of nitrogens with zero attached hydrogens (tertiary/aromatic N) is 1. The number of hydrogen-bond donors (Lipinski definition) is 1. The van der Waals surface area contributed by atoms with Gasteiger partial charge in [-0.15, -0.1) is 11.3 Å². The molecule has 1 unspecified atom stereocenters. The molecule has 0 aliphatic heterocycles. The average Bonchev–Trinajstić information content (AvgIpc) is 2.87. The minimum absolute atomic E-state index is 0.378. The molecule has 0 radical (unpaired) electrons. The molecule has 2 rings (SSSR count). The van der Waals surface area contributed by atoms with Crippen LogP contribution in [0.25, 0.3) is 0 Å². The quantitative estimate of drug-likeness (QED) is 0.887. The monoisotopic (exact) mass is 260 g/mol. The predicted octanol–water partition coefficient (Wildman–Crippen LogP) is 3.65. The summed E-state index contributed by atoms with van der Waals surface area (Å²) in [6.07, 6.45) is 3.01. The van der Waals surface area contributed by atoms with Gasteiger partial charge in [-0.1, -0.05) is 30.7 Å². The van der Waals surface area contributed by atoms with Crippen LogP contribution < -0.4 is 5.32 Å². The molecule has 0 bridgehead atoms. The first kappa shape index (κ1) is 13.2. The fraction of sp³-hybridized carbons (Fsp3) is 0.400. The van der Waals surface area contributed by atoms with Crippen molar-refractivity contribution in [2.45, 2.75) is 33.2 Å². The lowest BCUT2D eigenvalue weighted by Crippen LogP contribution is -2.22. The summed E-state index contributed by atoms with van der Waals surface area (Å²) in [5.74, 6) is 0. The van der Waals surface area contributed by atoms with Gasteiger partial charge in [0, 0.05) is 17.1 Å². The molecule has 0 aliphatic carbocycles. The summed E-state index contributed by atoms with van der Waals surface area (Å²) >= 11 is 1.73. The van der Waals surface area contributed by atoms with E-state index in [9.17, 15) is 0 Å². The number of likely N-dealkylation sites (N-methyl/N-ethyl adjacent to an activating group) is 1. The van der Waals surface area contributed by atoms with Crippen LogP contribution >= 0.6 is 11.3 Å². The van der Waals surface area contributed by atoms with Crippen molar-refractivity contribution in [1.82, 2.24) is 10.3 Å². The molecular formula is C15H20N2S. The van der Waals surface area contributed by atoms with E-state index < -0.39 is 0 Å². The van der Waals surface area contributed by atoms with Crippen molar-refractivity contribution >= 4 is 11.3 Å². The fourth-order valence-corrected chi connectivity index (χ4v) is 2.85. The Kier molecular flexibility index (Phi) is 4.50. The predicted molar refractivity (Wildman–Crippen MR) is 78.2 cm³/mol. The maximum absolute atomic E-state index is 4.19. The van der Waals surface area contributed by atoms with Crippen molar-refractivity contribution in [3.8, 4) is 0 Å². The smallest absolute Gasteiger partial charge is 0.0794 e. The Morgan fingerprint density at radius 3 is 2.83 bits per heavy atom. The van der Waals surface area contributed by atoms with Gasteiger partial charge < -0.3 is 5.32 Å². The molecule has 2 nitrogen and oxygen atoms in total. The van der Waals surface area contributed by atoms with Crippen LogP contribution in [0.4, 0.5) is 0 Å². The topological polar surface area (TPSA) is 24.9 Å². The molecule has 2 aromatic rings. The highest BCUT2D eigenvalue weighted by molar-refractivity contribution is 7.09. The first-order valence-electron chi connectivity index (χ1n) is 6.38. The molecule has 0 amide bonds. The van der Waals surface area contributed by atoms with Crippen LogP contribution in [0.1, 0.15) is 34.5 Å². The second-order valence-electron chi connectivity index (χ2n) is 4.65. The van der Waals surface area contributed by atoms with E-state index in [-0.39, 0.29) is 0 Å². The van der Waals surface area contributed by atoms with Gasteiger partial charge in [0.15, 0.2) is 0 Å². The molecule has 0 saturated carbocycles. The van der Waals surface area contributed by atoms with E-state index >= 15 is 0 Å². The third kappa shape index (κ3) is 3.18. The number of benzene rings is 1. The van der Waals surface area contributed by atoms with Gasteiger partial charge in [-0.05, 0) is 37.9 Å².